The second kappa shape index (κ2) is 6.36. The molecular formula is C13H16F2N2O2. The summed E-state index contributed by atoms with van der Waals surface area (Å²) in [6.45, 7) is -2.15. The van der Waals surface area contributed by atoms with Crippen LogP contribution >= 0.6 is 0 Å². The Labute approximate surface area is 110 Å². The van der Waals surface area contributed by atoms with Gasteiger partial charge >= 0.3 is 6.61 Å². The van der Waals surface area contributed by atoms with Crippen LogP contribution in [0.2, 0.25) is 0 Å². The van der Waals surface area contributed by atoms with E-state index in [4.69, 9.17) is 0 Å². The van der Waals surface area contributed by atoms with E-state index in [-0.39, 0.29) is 18.2 Å². The maximum atomic E-state index is 12.2. The molecule has 0 saturated heterocycles. The molecule has 0 heterocycles. The van der Waals surface area contributed by atoms with E-state index < -0.39 is 6.61 Å². The Balaban J connectivity index is 1.81. The zero-order valence-electron chi connectivity index (χ0n) is 10.4. The number of hydrogen-bond acceptors (Lipinski definition) is 3. The van der Waals surface area contributed by atoms with E-state index in [2.05, 4.69) is 15.4 Å². The van der Waals surface area contributed by atoms with E-state index in [1.165, 1.54) is 18.9 Å². The molecule has 1 amide bonds. The molecule has 0 aromatic heterocycles. The molecule has 0 aliphatic heterocycles. The first-order valence-electron chi connectivity index (χ1n) is 6.19. The van der Waals surface area contributed by atoms with Crippen molar-refractivity contribution in [2.24, 2.45) is 5.92 Å². The second-order valence-corrected chi connectivity index (χ2v) is 4.48. The first kappa shape index (κ1) is 13.6. The fourth-order valence-corrected chi connectivity index (χ4v) is 1.63. The fraction of sp³-hybridized carbons (Fsp3) is 0.462. The lowest BCUT2D eigenvalue weighted by Crippen LogP contribution is -2.31. The van der Waals surface area contributed by atoms with Crippen LogP contribution < -0.4 is 15.4 Å². The molecule has 1 aromatic rings. The van der Waals surface area contributed by atoms with Gasteiger partial charge in [-0.2, -0.15) is 8.78 Å². The number of hydrogen-bond donors (Lipinski definition) is 2. The minimum atomic E-state index is -2.88. The summed E-state index contributed by atoms with van der Waals surface area (Å²) >= 11 is 0. The summed E-state index contributed by atoms with van der Waals surface area (Å²) in [5.74, 6) is 0.490. The topological polar surface area (TPSA) is 50.4 Å². The molecule has 6 heteroatoms. The largest absolute Gasteiger partial charge is 0.433 e. The molecule has 2 rings (SSSR count). The van der Waals surface area contributed by atoms with Crippen molar-refractivity contribution in [2.75, 3.05) is 18.4 Å². The number of anilines is 1. The number of rotatable bonds is 7. The Hall–Kier alpha value is -1.85. The molecule has 0 atom stereocenters. The summed E-state index contributed by atoms with van der Waals surface area (Å²) in [5, 5.41) is 5.58. The lowest BCUT2D eigenvalue weighted by molar-refractivity contribution is -0.119. The first-order valence-corrected chi connectivity index (χ1v) is 6.19. The minimum absolute atomic E-state index is 0.0347. The zero-order valence-corrected chi connectivity index (χ0v) is 10.4. The van der Waals surface area contributed by atoms with Crippen molar-refractivity contribution < 1.29 is 18.3 Å². The van der Waals surface area contributed by atoms with Crippen LogP contribution in [-0.4, -0.2) is 25.6 Å². The van der Waals surface area contributed by atoms with Crippen molar-refractivity contribution in [1.29, 1.82) is 0 Å². The van der Waals surface area contributed by atoms with E-state index in [1.807, 2.05) is 0 Å². The van der Waals surface area contributed by atoms with Gasteiger partial charge in [-0.25, -0.2) is 0 Å². The van der Waals surface area contributed by atoms with Crippen LogP contribution in [0.15, 0.2) is 24.3 Å². The maximum absolute atomic E-state index is 12.2. The van der Waals surface area contributed by atoms with Gasteiger partial charge in [-0.05, 0) is 30.9 Å². The van der Waals surface area contributed by atoms with Gasteiger partial charge in [0.2, 0.25) is 5.91 Å². The highest BCUT2D eigenvalue weighted by Gasteiger charge is 2.21. The Morgan fingerprint density at radius 1 is 1.37 bits per heavy atom. The Morgan fingerprint density at radius 2 is 2.11 bits per heavy atom. The number of benzene rings is 1. The molecule has 0 bridgehead atoms. The lowest BCUT2D eigenvalue weighted by Gasteiger charge is -2.12. The van der Waals surface area contributed by atoms with Crippen LogP contribution in [0.5, 0.6) is 5.75 Å². The van der Waals surface area contributed by atoms with Crippen LogP contribution in [0, 0.1) is 5.92 Å². The maximum Gasteiger partial charge on any atom is 0.387 e. The molecule has 19 heavy (non-hydrogen) atoms. The summed E-state index contributed by atoms with van der Waals surface area (Å²) in [7, 11) is 0. The quantitative estimate of drug-likeness (QED) is 0.798. The van der Waals surface area contributed by atoms with Crippen molar-refractivity contribution >= 4 is 11.6 Å². The highest BCUT2D eigenvalue weighted by Crippen LogP contribution is 2.27. The molecule has 1 aliphatic carbocycles. The van der Waals surface area contributed by atoms with Crippen LogP contribution in [-0.2, 0) is 4.79 Å². The average molecular weight is 270 g/mol. The van der Waals surface area contributed by atoms with Crippen molar-refractivity contribution in [3.8, 4) is 5.75 Å². The van der Waals surface area contributed by atoms with Gasteiger partial charge in [0.05, 0.1) is 12.2 Å². The summed E-state index contributed by atoms with van der Waals surface area (Å²) in [6, 6.07) is 6.29. The molecule has 1 aromatic carbocycles. The Kier molecular flexibility index (Phi) is 4.54. The van der Waals surface area contributed by atoms with Gasteiger partial charge in [-0.3, -0.25) is 4.79 Å². The SMILES string of the molecule is O=C(CNc1ccccc1OC(F)F)NCC1CC1. The number of para-hydroxylation sites is 2. The lowest BCUT2D eigenvalue weighted by atomic mass is 10.3. The van der Waals surface area contributed by atoms with Crippen LogP contribution in [0.1, 0.15) is 12.8 Å². The van der Waals surface area contributed by atoms with Gasteiger partial charge in [0.25, 0.3) is 0 Å². The summed E-state index contributed by atoms with van der Waals surface area (Å²) in [5.41, 5.74) is 0.379. The van der Waals surface area contributed by atoms with Gasteiger partial charge in [0.15, 0.2) is 0 Å². The third-order valence-electron chi connectivity index (χ3n) is 2.83. The molecule has 0 spiro atoms. The van der Waals surface area contributed by atoms with Gasteiger partial charge in [-0.15, -0.1) is 0 Å². The number of halogens is 2. The molecule has 0 unspecified atom stereocenters. The first-order chi connectivity index (χ1) is 9.15. The predicted molar refractivity (Wildman–Crippen MR) is 67.3 cm³/mol. The smallest absolute Gasteiger partial charge is 0.387 e. The molecular weight excluding hydrogens is 254 g/mol. The van der Waals surface area contributed by atoms with E-state index in [9.17, 15) is 13.6 Å². The van der Waals surface area contributed by atoms with Gasteiger partial charge in [0.1, 0.15) is 5.75 Å². The number of amides is 1. The number of nitrogens with one attached hydrogen (secondary N) is 2. The molecule has 4 nitrogen and oxygen atoms in total. The third-order valence-corrected chi connectivity index (χ3v) is 2.83. The standard InChI is InChI=1S/C13H16F2N2O2/c14-13(15)19-11-4-2-1-3-10(11)16-8-12(18)17-7-9-5-6-9/h1-4,9,13,16H,5-8H2,(H,17,18). The monoisotopic (exact) mass is 270 g/mol. The van der Waals surface area contributed by atoms with Crippen molar-refractivity contribution in [2.45, 2.75) is 19.5 Å². The average Bonchev–Trinajstić information content (AvgIpc) is 3.18. The number of ether oxygens (including phenoxy) is 1. The zero-order chi connectivity index (χ0) is 13.7. The highest BCUT2D eigenvalue weighted by atomic mass is 19.3. The van der Waals surface area contributed by atoms with Crippen molar-refractivity contribution in [1.82, 2.24) is 5.32 Å². The third kappa shape index (κ3) is 4.73. The van der Waals surface area contributed by atoms with E-state index >= 15 is 0 Å². The van der Waals surface area contributed by atoms with Crippen LogP contribution in [0.3, 0.4) is 0 Å². The number of carbonyl (C=O) groups is 1. The molecule has 104 valence electrons. The molecule has 1 fully saturated rings. The van der Waals surface area contributed by atoms with Crippen LogP contribution in [0.4, 0.5) is 14.5 Å². The Morgan fingerprint density at radius 3 is 2.79 bits per heavy atom. The van der Waals surface area contributed by atoms with E-state index in [0.717, 1.165) is 0 Å². The Bertz CT molecular complexity index is 436. The number of carbonyl (C=O) groups excluding carboxylic acids is 1. The molecule has 0 radical (unpaired) electrons. The van der Waals surface area contributed by atoms with Gasteiger partial charge < -0.3 is 15.4 Å². The second-order valence-electron chi connectivity index (χ2n) is 4.48. The van der Waals surface area contributed by atoms with Gasteiger partial charge in [0, 0.05) is 6.54 Å². The van der Waals surface area contributed by atoms with Crippen LogP contribution in [0.25, 0.3) is 0 Å². The van der Waals surface area contributed by atoms with Gasteiger partial charge in [-0.1, -0.05) is 12.1 Å². The predicted octanol–water partition coefficient (Wildman–Crippen LogP) is 2.23. The minimum Gasteiger partial charge on any atom is -0.433 e. The van der Waals surface area contributed by atoms with Crippen molar-refractivity contribution in [3.63, 3.8) is 0 Å². The molecule has 1 aliphatic rings. The molecule has 1 saturated carbocycles. The van der Waals surface area contributed by atoms with E-state index in [1.54, 1.807) is 18.2 Å². The van der Waals surface area contributed by atoms with E-state index in [0.29, 0.717) is 18.2 Å². The highest BCUT2D eigenvalue weighted by molar-refractivity contribution is 5.81. The summed E-state index contributed by atoms with van der Waals surface area (Å²) in [4.78, 5) is 11.5. The summed E-state index contributed by atoms with van der Waals surface area (Å²) < 4.78 is 28.7. The molecule has 2 N–H and O–H groups in total. The normalized spacial score (nSPS) is 14.3. The number of alkyl halides is 2. The van der Waals surface area contributed by atoms with Crippen molar-refractivity contribution in [3.05, 3.63) is 24.3 Å². The fourth-order valence-electron chi connectivity index (χ4n) is 1.63. The summed E-state index contributed by atoms with van der Waals surface area (Å²) in [6.07, 6.45) is 2.33.